The number of hydrogen-bond acceptors (Lipinski definition) is 4. The molecule has 1 aliphatic rings. The Kier molecular flexibility index (Phi) is 4.61. The van der Waals surface area contributed by atoms with Gasteiger partial charge in [-0.3, -0.25) is 10.1 Å². The minimum Gasteiger partial charge on any atom is -0.493 e. The summed E-state index contributed by atoms with van der Waals surface area (Å²) in [6, 6.07) is 3.00. The van der Waals surface area contributed by atoms with Gasteiger partial charge in [-0.1, -0.05) is 11.6 Å². The molecule has 19 heavy (non-hydrogen) atoms. The number of nitro benzene ring substituents is 1. The van der Waals surface area contributed by atoms with Crippen LogP contribution in [-0.2, 0) is 0 Å². The van der Waals surface area contributed by atoms with Crippen LogP contribution in [0.4, 0.5) is 5.69 Å². The number of benzene rings is 1. The number of hydrogen-bond donors (Lipinski definition) is 1. The van der Waals surface area contributed by atoms with Crippen molar-refractivity contribution in [2.24, 2.45) is 5.92 Å². The highest BCUT2D eigenvalue weighted by atomic mass is 35.5. The number of ether oxygens (including phenoxy) is 1. The molecule has 1 saturated heterocycles. The molecule has 0 aromatic heterocycles. The predicted octanol–water partition coefficient (Wildman–Crippen LogP) is 2.94. The number of rotatable bonds is 4. The molecular formula is C13H17ClN2O3. The summed E-state index contributed by atoms with van der Waals surface area (Å²) < 4.78 is 5.76. The van der Waals surface area contributed by atoms with Gasteiger partial charge in [0.2, 0.25) is 0 Å². The predicted molar refractivity (Wildman–Crippen MR) is 73.9 cm³/mol. The van der Waals surface area contributed by atoms with E-state index in [1.165, 1.54) is 12.1 Å². The van der Waals surface area contributed by atoms with Crippen LogP contribution in [0.2, 0.25) is 5.02 Å². The molecule has 0 radical (unpaired) electrons. The normalized spacial score (nSPS) is 16.3. The molecule has 5 nitrogen and oxygen atoms in total. The van der Waals surface area contributed by atoms with Crippen LogP contribution in [-0.4, -0.2) is 24.6 Å². The zero-order chi connectivity index (χ0) is 13.8. The van der Waals surface area contributed by atoms with E-state index < -0.39 is 4.92 Å². The Bertz CT molecular complexity index is 473. The lowest BCUT2D eigenvalue weighted by Gasteiger charge is -2.23. The summed E-state index contributed by atoms with van der Waals surface area (Å²) in [6.07, 6.45) is 2.19. The minimum atomic E-state index is -0.480. The molecule has 1 fully saturated rings. The standard InChI is InChI=1S/C13H17ClN2O3/c1-9-6-12(16(17)18)11(14)7-13(9)19-8-10-2-4-15-5-3-10/h6-7,10,15H,2-5,8H2,1H3. The van der Waals surface area contributed by atoms with Crippen LogP contribution in [0, 0.1) is 23.0 Å². The van der Waals surface area contributed by atoms with Gasteiger partial charge in [0.05, 0.1) is 11.5 Å². The van der Waals surface area contributed by atoms with E-state index in [1.807, 2.05) is 0 Å². The minimum absolute atomic E-state index is 0.0756. The molecule has 1 aromatic carbocycles. The molecule has 104 valence electrons. The van der Waals surface area contributed by atoms with Crippen molar-refractivity contribution in [3.8, 4) is 5.75 Å². The van der Waals surface area contributed by atoms with Gasteiger partial charge in [-0.25, -0.2) is 0 Å². The Hall–Kier alpha value is -1.33. The summed E-state index contributed by atoms with van der Waals surface area (Å²) in [6.45, 7) is 4.47. The van der Waals surface area contributed by atoms with Gasteiger partial charge in [0.1, 0.15) is 10.8 Å². The van der Waals surface area contributed by atoms with E-state index in [9.17, 15) is 10.1 Å². The third-order valence-corrected chi connectivity index (χ3v) is 3.68. The molecule has 0 amide bonds. The van der Waals surface area contributed by atoms with Gasteiger partial charge in [-0.15, -0.1) is 0 Å². The average molecular weight is 285 g/mol. The summed E-state index contributed by atoms with van der Waals surface area (Å²) in [5.74, 6) is 1.17. The Balaban J connectivity index is 2.04. The Morgan fingerprint density at radius 2 is 2.16 bits per heavy atom. The number of piperidine rings is 1. The summed E-state index contributed by atoms with van der Waals surface area (Å²) in [5.41, 5.74) is 0.665. The van der Waals surface area contributed by atoms with Crippen LogP contribution < -0.4 is 10.1 Å². The van der Waals surface area contributed by atoms with Crippen LogP contribution in [0.1, 0.15) is 18.4 Å². The molecule has 1 aliphatic heterocycles. The number of nitrogens with one attached hydrogen (secondary N) is 1. The first kappa shape index (κ1) is 14.1. The molecule has 6 heteroatoms. The maximum absolute atomic E-state index is 10.8. The van der Waals surface area contributed by atoms with E-state index in [0.29, 0.717) is 18.3 Å². The van der Waals surface area contributed by atoms with E-state index in [2.05, 4.69) is 5.32 Å². The van der Waals surface area contributed by atoms with Crippen LogP contribution in [0.15, 0.2) is 12.1 Å². The maximum Gasteiger partial charge on any atom is 0.288 e. The van der Waals surface area contributed by atoms with Gasteiger partial charge in [-0.05, 0) is 44.3 Å². The van der Waals surface area contributed by atoms with Gasteiger partial charge < -0.3 is 10.1 Å². The first-order valence-corrected chi connectivity index (χ1v) is 6.74. The molecular weight excluding hydrogens is 268 g/mol. The summed E-state index contributed by atoms with van der Waals surface area (Å²) in [5, 5.41) is 14.2. The monoisotopic (exact) mass is 284 g/mol. The number of nitrogens with zero attached hydrogens (tertiary/aromatic N) is 1. The lowest BCUT2D eigenvalue weighted by molar-refractivity contribution is -0.384. The molecule has 1 heterocycles. The molecule has 0 atom stereocenters. The Morgan fingerprint density at radius 3 is 2.79 bits per heavy atom. The van der Waals surface area contributed by atoms with Crippen molar-refractivity contribution in [1.29, 1.82) is 0 Å². The fraction of sp³-hybridized carbons (Fsp3) is 0.538. The smallest absolute Gasteiger partial charge is 0.288 e. The highest BCUT2D eigenvalue weighted by Crippen LogP contribution is 2.32. The molecule has 0 saturated carbocycles. The molecule has 0 spiro atoms. The number of nitro groups is 1. The van der Waals surface area contributed by atoms with Gasteiger partial charge in [0.25, 0.3) is 5.69 Å². The van der Waals surface area contributed by atoms with Crippen LogP contribution in [0.5, 0.6) is 5.75 Å². The van der Waals surface area contributed by atoms with Crippen molar-refractivity contribution in [3.05, 3.63) is 32.8 Å². The second-order valence-corrected chi connectivity index (χ2v) is 5.24. The fourth-order valence-corrected chi connectivity index (χ4v) is 2.42. The first-order valence-electron chi connectivity index (χ1n) is 6.36. The van der Waals surface area contributed by atoms with Gasteiger partial charge in [0.15, 0.2) is 0 Å². The molecule has 0 bridgehead atoms. The zero-order valence-corrected chi connectivity index (χ0v) is 11.6. The van der Waals surface area contributed by atoms with Crippen molar-refractivity contribution < 1.29 is 9.66 Å². The highest BCUT2D eigenvalue weighted by Gasteiger charge is 2.18. The number of halogens is 1. The Labute approximate surface area is 117 Å². The van der Waals surface area contributed by atoms with Crippen molar-refractivity contribution in [2.75, 3.05) is 19.7 Å². The largest absolute Gasteiger partial charge is 0.493 e. The quantitative estimate of drug-likeness (QED) is 0.682. The third kappa shape index (κ3) is 3.58. The van der Waals surface area contributed by atoms with E-state index in [0.717, 1.165) is 31.5 Å². The summed E-state index contributed by atoms with van der Waals surface area (Å²) in [7, 11) is 0. The zero-order valence-electron chi connectivity index (χ0n) is 10.8. The first-order chi connectivity index (χ1) is 9.08. The lowest BCUT2D eigenvalue weighted by atomic mass is 9.99. The van der Waals surface area contributed by atoms with Crippen molar-refractivity contribution in [1.82, 2.24) is 5.32 Å². The summed E-state index contributed by atoms with van der Waals surface area (Å²) >= 11 is 5.89. The average Bonchev–Trinajstić information content (AvgIpc) is 2.40. The van der Waals surface area contributed by atoms with Gasteiger partial charge in [-0.2, -0.15) is 0 Å². The topological polar surface area (TPSA) is 64.4 Å². The van der Waals surface area contributed by atoms with Gasteiger partial charge in [0, 0.05) is 12.1 Å². The van der Waals surface area contributed by atoms with Crippen molar-refractivity contribution in [2.45, 2.75) is 19.8 Å². The molecule has 0 aliphatic carbocycles. The van der Waals surface area contributed by atoms with Crippen LogP contribution >= 0.6 is 11.6 Å². The van der Waals surface area contributed by atoms with Crippen molar-refractivity contribution >= 4 is 17.3 Å². The van der Waals surface area contributed by atoms with Crippen molar-refractivity contribution in [3.63, 3.8) is 0 Å². The number of aryl methyl sites for hydroxylation is 1. The van der Waals surface area contributed by atoms with Gasteiger partial charge >= 0.3 is 0 Å². The molecule has 1 N–H and O–H groups in total. The van der Waals surface area contributed by atoms with Crippen LogP contribution in [0.3, 0.4) is 0 Å². The second kappa shape index (κ2) is 6.21. The maximum atomic E-state index is 10.8. The Morgan fingerprint density at radius 1 is 1.47 bits per heavy atom. The highest BCUT2D eigenvalue weighted by molar-refractivity contribution is 6.32. The van der Waals surface area contributed by atoms with Crippen LogP contribution in [0.25, 0.3) is 0 Å². The van der Waals surface area contributed by atoms with E-state index >= 15 is 0 Å². The second-order valence-electron chi connectivity index (χ2n) is 4.83. The molecule has 1 aromatic rings. The SMILES string of the molecule is Cc1cc([N+](=O)[O-])c(Cl)cc1OCC1CCNCC1. The molecule has 2 rings (SSSR count). The van der Waals surface area contributed by atoms with E-state index in [4.69, 9.17) is 16.3 Å². The third-order valence-electron chi connectivity index (χ3n) is 3.37. The van der Waals surface area contributed by atoms with E-state index in [1.54, 1.807) is 6.92 Å². The fourth-order valence-electron chi connectivity index (χ4n) is 2.20. The molecule has 0 unspecified atom stereocenters. The summed E-state index contributed by atoms with van der Waals surface area (Å²) in [4.78, 5) is 10.3. The van der Waals surface area contributed by atoms with E-state index in [-0.39, 0.29) is 10.7 Å². The lowest BCUT2D eigenvalue weighted by Crippen LogP contribution is -2.30.